The Morgan fingerprint density at radius 2 is 1.89 bits per heavy atom. The Labute approximate surface area is 107 Å². The molecule has 18 heavy (non-hydrogen) atoms. The monoisotopic (exact) mass is 249 g/mol. The summed E-state index contributed by atoms with van der Waals surface area (Å²) >= 11 is 0. The standard InChI is InChI=1S/C13H19N3O2/c1-4-15-10-8-6-5-7-9(10)11(17)16-13(2,3)12(14)18/h5-8,15H,4H2,1-3H3,(H2,14,18)(H,16,17). The van der Waals surface area contributed by atoms with Gasteiger partial charge in [-0.15, -0.1) is 0 Å². The zero-order chi connectivity index (χ0) is 13.8. The molecular formula is C13H19N3O2. The SMILES string of the molecule is CCNc1ccccc1C(=O)NC(C)(C)C(N)=O. The summed E-state index contributed by atoms with van der Waals surface area (Å²) in [5.41, 5.74) is 5.38. The summed E-state index contributed by atoms with van der Waals surface area (Å²) in [5.74, 6) is -0.896. The maximum Gasteiger partial charge on any atom is 0.254 e. The molecule has 0 heterocycles. The van der Waals surface area contributed by atoms with Gasteiger partial charge >= 0.3 is 0 Å². The van der Waals surface area contributed by atoms with Crippen molar-refractivity contribution >= 4 is 17.5 Å². The van der Waals surface area contributed by atoms with Gasteiger partial charge in [0.2, 0.25) is 5.91 Å². The lowest BCUT2D eigenvalue weighted by Crippen LogP contribution is -2.53. The second kappa shape index (κ2) is 5.53. The van der Waals surface area contributed by atoms with Gasteiger partial charge in [-0.2, -0.15) is 0 Å². The molecule has 1 aromatic rings. The molecule has 0 aliphatic heterocycles. The molecule has 0 bridgehead atoms. The molecule has 5 heteroatoms. The lowest BCUT2D eigenvalue weighted by molar-refractivity contribution is -0.122. The fourth-order valence-electron chi connectivity index (χ4n) is 1.44. The van der Waals surface area contributed by atoms with Gasteiger partial charge in [-0.05, 0) is 32.9 Å². The number of rotatable bonds is 5. The second-order valence-corrected chi connectivity index (χ2v) is 4.52. The van der Waals surface area contributed by atoms with E-state index in [1.165, 1.54) is 0 Å². The van der Waals surface area contributed by atoms with Crippen LogP contribution < -0.4 is 16.4 Å². The molecule has 0 aromatic heterocycles. The summed E-state index contributed by atoms with van der Waals surface area (Å²) in [4.78, 5) is 23.3. The minimum atomic E-state index is -1.07. The van der Waals surface area contributed by atoms with Crippen molar-refractivity contribution in [2.24, 2.45) is 5.73 Å². The fraction of sp³-hybridized carbons (Fsp3) is 0.385. The number of anilines is 1. The van der Waals surface area contributed by atoms with Gasteiger partial charge in [0.1, 0.15) is 5.54 Å². The molecule has 5 nitrogen and oxygen atoms in total. The van der Waals surface area contributed by atoms with Gasteiger partial charge in [0, 0.05) is 12.2 Å². The predicted molar refractivity (Wildman–Crippen MR) is 71.3 cm³/mol. The number of nitrogens with two attached hydrogens (primary N) is 1. The molecule has 0 radical (unpaired) electrons. The lowest BCUT2D eigenvalue weighted by Gasteiger charge is -2.23. The zero-order valence-corrected chi connectivity index (χ0v) is 10.9. The molecule has 0 saturated carbocycles. The van der Waals surface area contributed by atoms with E-state index in [1.807, 2.05) is 19.1 Å². The number of hydrogen-bond donors (Lipinski definition) is 3. The number of primary amides is 1. The van der Waals surface area contributed by atoms with Crippen LogP contribution in [0.2, 0.25) is 0 Å². The number of nitrogens with one attached hydrogen (secondary N) is 2. The number of para-hydroxylation sites is 1. The minimum absolute atomic E-state index is 0.324. The second-order valence-electron chi connectivity index (χ2n) is 4.52. The van der Waals surface area contributed by atoms with Gasteiger partial charge in [0.05, 0.1) is 5.56 Å². The molecule has 98 valence electrons. The van der Waals surface area contributed by atoms with Crippen LogP contribution in [0.25, 0.3) is 0 Å². The lowest BCUT2D eigenvalue weighted by atomic mass is 10.0. The molecule has 0 aliphatic carbocycles. The number of carbonyl (C=O) groups excluding carboxylic acids is 2. The Balaban J connectivity index is 2.94. The van der Waals surface area contributed by atoms with Crippen LogP contribution in [0, 0.1) is 0 Å². The highest BCUT2D eigenvalue weighted by Crippen LogP contribution is 2.15. The van der Waals surface area contributed by atoms with Crippen molar-refractivity contribution in [2.75, 3.05) is 11.9 Å². The summed E-state index contributed by atoms with van der Waals surface area (Å²) in [6.45, 7) is 5.80. The van der Waals surface area contributed by atoms with Gasteiger partial charge in [-0.25, -0.2) is 0 Å². The first-order valence-electron chi connectivity index (χ1n) is 5.83. The predicted octanol–water partition coefficient (Wildman–Crippen LogP) is 1.11. The molecule has 0 spiro atoms. The van der Waals surface area contributed by atoms with Gasteiger partial charge < -0.3 is 16.4 Å². The Bertz CT molecular complexity index is 455. The van der Waals surface area contributed by atoms with Crippen LogP contribution >= 0.6 is 0 Å². The van der Waals surface area contributed by atoms with Crippen molar-refractivity contribution in [2.45, 2.75) is 26.3 Å². The van der Waals surface area contributed by atoms with Crippen LogP contribution in [0.15, 0.2) is 24.3 Å². The highest BCUT2D eigenvalue weighted by atomic mass is 16.2. The quantitative estimate of drug-likeness (QED) is 0.731. The molecule has 4 N–H and O–H groups in total. The number of hydrogen-bond acceptors (Lipinski definition) is 3. The third kappa shape index (κ3) is 3.23. The van der Waals surface area contributed by atoms with Crippen LogP contribution in [-0.4, -0.2) is 23.9 Å². The summed E-state index contributed by atoms with van der Waals surface area (Å²) in [6, 6.07) is 7.13. The molecule has 0 atom stereocenters. The Morgan fingerprint density at radius 1 is 1.28 bits per heavy atom. The van der Waals surface area contributed by atoms with E-state index in [-0.39, 0.29) is 5.91 Å². The van der Waals surface area contributed by atoms with E-state index in [9.17, 15) is 9.59 Å². The first-order valence-corrected chi connectivity index (χ1v) is 5.83. The van der Waals surface area contributed by atoms with Crippen molar-refractivity contribution in [3.8, 4) is 0 Å². The highest BCUT2D eigenvalue weighted by molar-refractivity contribution is 6.02. The average molecular weight is 249 g/mol. The van der Waals surface area contributed by atoms with Gasteiger partial charge in [-0.3, -0.25) is 9.59 Å². The van der Waals surface area contributed by atoms with E-state index in [0.29, 0.717) is 12.1 Å². The molecule has 1 aromatic carbocycles. The fourth-order valence-corrected chi connectivity index (χ4v) is 1.44. The average Bonchev–Trinajstić information content (AvgIpc) is 2.29. The third-order valence-electron chi connectivity index (χ3n) is 2.58. The van der Waals surface area contributed by atoms with E-state index in [0.717, 1.165) is 5.69 Å². The van der Waals surface area contributed by atoms with E-state index < -0.39 is 11.4 Å². The van der Waals surface area contributed by atoms with E-state index in [1.54, 1.807) is 26.0 Å². The molecule has 0 aliphatic rings. The molecule has 0 unspecified atom stereocenters. The number of carbonyl (C=O) groups is 2. The van der Waals surface area contributed by atoms with Crippen molar-refractivity contribution in [3.05, 3.63) is 29.8 Å². The Morgan fingerprint density at radius 3 is 2.44 bits per heavy atom. The maximum atomic E-state index is 12.1. The smallest absolute Gasteiger partial charge is 0.254 e. The van der Waals surface area contributed by atoms with Crippen LogP contribution in [0.5, 0.6) is 0 Å². The minimum Gasteiger partial charge on any atom is -0.385 e. The van der Waals surface area contributed by atoms with Crippen molar-refractivity contribution in [3.63, 3.8) is 0 Å². The first kappa shape index (κ1) is 14.0. The molecule has 2 amide bonds. The summed E-state index contributed by atoms with van der Waals surface area (Å²) in [7, 11) is 0. The Hall–Kier alpha value is -2.04. The zero-order valence-electron chi connectivity index (χ0n) is 10.9. The van der Waals surface area contributed by atoms with Crippen molar-refractivity contribution < 1.29 is 9.59 Å². The largest absolute Gasteiger partial charge is 0.385 e. The highest BCUT2D eigenvalue weighted by Gasteiger charge is 2.27. The topological polar surface area (TPSA) is 84.2 Å². The van der Waals surface area contributed by atoms with Gasteiger partial charge in [-0.1, -0.05) is 12.1 Å². The van der Waals surface area contributed by atoms with Crippen LogP contribution in [0.1, 0.15) is 31.1 Å². The van der Waals surface area contributed by atoms with Crippen LogP contribution in [0.4, 0.5) is 5.69 Å². The molecule has 0 fully saturated rings. The molecule has 0 saturated heterocycles. The molecule has 1 rings (SSSR count). The van der Waals surface area contributed by atoms with Crippen LogP contribution in [-0.2, 0) is 4.79 Å². The van der Waals surface area contributed by atoms with E-state index in [4.69, 9.17) is 5.73 Å². The molecular weight excluding hydrogens is 230 g/mol. The van der Waals surface area contributed by atoms with Gasteiger partial charge in [0.15, 0.2) is 0 Å². The van der Waals surface area contributed by atoms with Crippen molar-refractivity contribution in [1.29, 1.82) is 0 Å². The summed E-state index contributed by atoms with van der Waals surface area (Å²) in [6.07, 6.45) is 0. The third-order valence-corrected chi connectivity index (χ3v) is 2.58. The first-order chi connectivity index (χ1) is 8.38. The summed E-state index contributed by atoms with van der Waals surface area (Å²) in [5, 5.41) is 5.71. The maximum absolute atomic E-state index is 12.1. The van der Waals surface area contributed by atoms with E-state index in [2.05, 4.69) is 10.6 Å². The Kier molecular flexibility index (Phi) is 4.31. The number of benzene rings is 1. The van der Waals surface area contributed by atoms with E-state index >= 15 is 0 Å². The van der Waals surface area contributed by atoms with Crippen LogP contribution in [0.3, 0.4) is 0 Å². The van der Waals surface area contributed by atoms with Crippen molar-refractivity contribution in [1.82, 2.24) is 5.32 Å². The number of amides is 2. The normalized spacial score (nSPS) is 10.8. The van der Waals surface area contributed by atoms with Gasteiger partial charge in [0.25, 0.3) is 5.91 Å². The summed E-state index contributed by atoms with van der Waals surface area (Å²) < 4.78 is 0.